The minimum absolute atomic E-state index is 0.0435. The molecule has 0 spiro atoms. The van der Waals surface area contributed by atoms with Crippen molar-refractivity contribution in [1.29, 1.82) is 0 Å². The lowest BCUT2D eigenvalue weighted by molar-refractivity contribution is -0.228. The van der Waals surface area contributed by atoms with Gasteiger partial charge in [0.15, 0.2) is 0 Å². The van der Waals surface area contributed by atoms with Crippen LogP contribution in [0.1, 0.15) is 13.3 Å². The van der Waals surface area contributed by atoms with Gasteiger partial charge in [0, 0.05) is 0 Å². The van der Waals surface area contributed by atoms with Crippen LogP contribution in [0.25, 0.3) is 0 Å². The Kier molecular flexibility index (Phi) is 2.51. The monoisotopic (exact) mass is 211 g/mol. The van der Waals surface area contributed by atoms with Crippen LogP contribution in [-0.2, 0) is 4.79 Å². The third-order valence-electron chi connectivity index (χ3n) is 3.10. The highest BCUT2D eigenvalue weighted by molar-refractivity contribution is 5.72. The summed E-state index contributed by atoms with van der Waals surface area (Å²) in [4.78, 5) is 11.7. The summed E-state index contributed by atoms with van der Waals surface area (Å²) in [5.41, 5.74) is -2.24. The van der Waals surface area contributed by atoms with Crippen molar-refractivity contribution in [3.63, 3.8) is 0 Å². The Hall–Kier alpha value is -0.780. The van der Waals surface area contributed by atoms with E-state index in [4.69, 9.17) is 5.11 Å². The lowest BCUT2D eigenvalue weighted by Crippen LogP contribution is -2.56. The Morgan fingerprint density at radius 1 is 1.57 bits per heavy atom. The smallest absolute Gasteiger partial charge is 0.407 e. The average molecular weight is 211 g/mol. The summed E-state index contributed by atoms with van der Waals surface area (Å²) in [6, 6.07) is 0. The van der Waals surface area contributed by atoms with E-state index in [0.717, 1.165) is 11.8 Å². The number of alkyl halides is 3. The number of carboxylic acid groups (broad SMARTS) is 1. The normalized spacial score (nSPS) is 34.8. The van der Waals surface area contributed by atoms with Gasteiger partial charge in [-0.05, 0) is 26.9 Å². The topological polar surface area (TPSA) is 40.5 Å². The predicted octanol–water partition coefficient (Wildman–Crippen LogP) is 1.34. The molecule has 1 aliphatic heterocycles. The van der Waals surface area contributed by atoms with Crippen LogP contribution in [0, 0.1) is 5.92 Å². The number of aliphatic carboxylic acids is 1. The molecule has 0 amide bonds. The summed E-state index contributed by atoms with van der Waals surface area (Å²) in [5, 5.41) is 8.70. The van der Waals surface area contributed by atoms with Gasteiger partial charge in [-0.15, -0.1) is 0 Å². The van der Waals surface area contributed by atoms with E-state index in [2.05, 4.69) is 0 Å². The third kappa shape index (κ3) is 1.37. The number of likely N-dealkylation sites (tertiary alicyclic amines) is 1. The molecular weight excluding hydrogens is 199 g/mol. The Morgan fingerprint density at radius 2 is 2.07 bits per heavy atom. The van der Waals surface area contributed by atoms with E-state index in [1.165, 1.54) is 7.05 Å². The van der Waals surface area contributed by atoms with E-state index in [0.29, 0.717) is 0 Å². The molecule has 2 atom stereocenters. The maximum atomic E-state index is 12.7. The van der Waals surface area contributed by atoms with Crippen molar-refractivity contribution < 1.29 is 23.1 Å². The SMILES string of the molecule is CN1CCC(C(=O)O)C1(C)C(F)(F)F. The molecule has 14 heavy (non-hydrogen) atoms. The van der Waals surface area contributed by atoms with Gasteiger partial charge in [-0.2, -0.15) is 13.2 Å². The molecule has 0 bridgehead atoms. The molecule has 1 fully saturated rings. The van der Waals surface area contributed by atoms with Gasteiger partial charge in [0.25, 0.3) is 0 Å². The first-order chi connectivity index (χ1) is 6.21. The van der Waals surface area contributed by atoms with Gasteiger partial charge in [-0.3, -0.25) is 9.69 Å². The second kappa shape index (κ2) is 3.12. The number of rotatable bonds is 1. The number of carboxylic acids is 1. The van der Waals surface area contributed by atoms with Crippen molar-refractivity contribution in [3.8, 4) is 0 Å². The molecule has 0 saturated carbocycles. The van der Waals surface area contributed by atoms with Crippen molar-refractivity contribution in [2.45, 2.75) is 25.1 Å². The van der Waals surface area contributed by atoms with Gasteiger partial charge in [0.05, 0.1) is 5.92 Å². The molecule has 1 rings (SSSR count). The Labute approximate surface area is 79.5 Å². The van der Waals surface area contributed by atoms with E-state index in [1.54, 1.807) is 0 Å². The lowest BCUT2D eigenvalue weighted by Gasteiger charge is -2.37. The molecule has 82 valence electrons. The van der Waals surface area contributed by atoms with Crippen molar-refractivity contribution in [2.24, 2.45) is 5.92 Å². The molecule has 0 aliphatic carbocycles. The van der Waals surface area contributed by atoms with E-state index < -0.39 is 23.6 Å². The van der Waals surface area contributed by atoms with E-state index in [9.17, 15) is 18.0 Å². The fourth-order valence-corrected chi connectivity index (χ4v) is 1.88. The standard InChI is InChI=1S/C8H12F3NO2/c1-7(8(9,10)11)5(6(13)14)3-4-12(7)2/h5H,3-4H2,1-2H3,(H,13,14). The molecule has 2 unspecified atom stereocenters. The maximum absolute atomic E-state index is 12.7. The van der Waals surface area contributed by atoms with Crippen LogP contribution in [0.5, 0.6) is 0 Å². The van der Waals surface area contributed by atoms with Crippen LogP contribution >= 0.6 is 0 Å². The van der Waals surface area contributed by atoms with Gasteiger partial charge < -0.3 is 5.11 Å². The molecule has 0 aromatic rings. The molecular formula is C8H12F3NO2. The molecule has 1 heterocycles. The summed E-state index contributed by atoms with van der Waals surface area (Å²) >= 11 is 0. The average Bonchev–Trinajstić information content (AvgIpc) is 2.28. The Morgan fingerprint density at radius 3 is 2.36 bits per heavy atom. The molecule has 3 nitrogen and oxygen atoms in total. The number of carbonyl (C=O) groups is 1. The predicted molar refractivity (Wildman–Crippen MR) is 42.8 cm³/mol. The quantitative estimate of drug-likeness (QED) is 0.711. The van der Waals surface area contributed by atoms with Crippen LogP contribution < -0.4 is 0 Å². The lowest BCUT2D eigenvalue weighted by atomic mass is 9.86. The van der Waals surface area contributed by atoms with Crippen molar-refractivity contribution in [1.82, 2.24) is 4.90 Å². The van der Waals surface area contributed by atoms with Crippen LogP contribution in [0.2, 0.25) is 0 Å². The maximum Gasteiger partial charge on any atom is 0.407 e. The summed E-state index contributed by atoms with van der Waals surface area (Å²) in [7, 11) is 1.30. The van der Waals surface area contributed by atoms with Crippen LogP contribution in [0.4, 0.5) is 13.2 Å². The second-order valence-corrected chi connectivity index (χ2v) is 3.75. The second-order valence-electron chi connectivity index (χ2n) is 3.75. The fourth-order valence-electron chi connectivity index (χ4n) is 1.88. The van der Waals surface area contributed by atoms with E-state index in [1.807, 2.05) is 0 Å². The fraction of sp³-hybridized carbons (Fsp3) is 0.875. The number of hydrogen-bond acceptors (Lipinski definition) is 2. The number of halogens is 3. The highest BCUT2D eigenvalue weighted by Gasteiger charge is 2.63. The summed E-state index contributed by atoms with van der Waals surface area (Å²) in [6.45, 7) is 1.10. The summed E-state index contributed by atoms with van der Waals surface area (Å²) in [6.07, 6.45) is -4.47. The number of nitrogens with zero attached hydrogens (tertiary/aromatic N) is 1. The zero-order valence-electron chi connectivity index (χ0n) is 7.93. The first-order valence-electron chi connectivity index (χ1n) is 4.22. The first-order valence-corrected chi connectivity index (χ1v) is 4.22. The largest absolute Gasteiger partial charge is 0.481 e. The van der Waals surface area contributed by atoms with Crippen LogP contribution in [0.15, 0.2) is 0 Å². The molecule has 1 N–H and O–H groups in total. The van der Waals surface area contributed by atoms with Gasteiger partial charge in [0.2, 0.25) is 0 Å². The minimum atomic E-state index is -4.51. The van der Waals surface area contributed by atoms with E-state index >= 15 is 0 Å². The van der Waals surface area contributed by atoms with Crippen molar-refractivity contribution >= 4 is 5.97 Å². The molecule has 0 aromatic carbocycles. The molecule has 1 saturated heterocycles. The molecule has 0 aromatic heterocycles. The van der Waals surface area contributed by atoms with Gasteiger partial charge in [0.1, 0.15) is 5.54 Å². The first kappa shape index (κ1) is 11.3. The van der Waals surface area contributed by atoms with Crippen molar-refractivity contribution in [3.05, 3.63) is 0 Å². The van der Waals surface area contributed by atoms with Gasteiger partial charge in [-0.1, -0.05) is 0 Å². The highest BCUT2D eigenvalue weighted by Crippen LogP contribution is 2.45. The Bertz CT molecular complexity index is 253. The van der Waals surface area contributed by atoms with Crippen LogP contribution in [-0.4, -0.2) is 41.3 Å². The van der Waals surface area contributed by atoms with Gasteiger partial charge in [-0.25, -0.2) is 0 Å². The zero-order chi connectivity index (χ0) is 11.1. The molecule has 1 aliphatic rings. The molecule has 0 radical (unpaired) electrons. The molecule has 6 heteroatoms. The van der Waals surface area contributed by atoms with E-state index in [-0.39, 0.29) is 13.0 Å². The number of hydrogen-bond donors (Lipinski definition) is 1. The summed E-state index contributed by atoms with van der Waals surface area (Å²) in [5.74, 6) is -2.75. The highest BCUT2D eigenvalue weighted by atomic mass is 19.4. The zero-order valence-corrected chi connectivity index (χ0v) is 7.93. The third-order valence-corrected chi connectivity index (χ3v) is 3.10. The van der Waals surface area contributed by atoms with Crippen LogP contribution in [0.3, 0.4) is 0 Å². The minimum Gasteiger partial charge on any atom is -0.481 e. The van der Waals surface area contributed by atoms with Crippen molar-refractivity contribution in [2.75, 3.05) is 13.6 Å². The van der Waals surface area contributed by atoms with Gasteiger partial charge >= 0.3 is 12.1 Å². The summed E-state index contributed by atoms with van der Waals surface area (Å²) < 4.78 is 38.1. The Balaban J connectivity index is 3.08.